The summed E-state index contributed by atoms with van der Waals surface area (Å²) >= 11 is 0. The first-order valence-electron chi connectivity index (χ1n) is 14.6. The van der Waals surface area contributed by atoms with Crippen LogP contribution in [0, 0.1) is 23.2 Å². The molecule has 4 aromatic rings. The lowest BCUT2D eigenvalue weighted by molar-refractivity contribution is -0.659. The summed E-state index contributed by atoms with van der Waals surface area (Å²) in [4.78, 5) is 0. The Morgan fingerprint density at radius 2 is 1.42 bits per heavy atom. The van der Waals surface area contributed by atoms with E-state index in [1.807, 2.05) is 0 Å². The molecule has 0 radical (unpaired) electrons. The average molecular weight is 510 g/mol. The highest BCUT2D eigenvalue weighted by Crippen LogP contribution is 2.52. The van der Waals surface area contributed by atoms with E-state index in [0.29, 0.717) is 6.04 Å². The molecule has 0 fully saturated rings. The van der Waals surface area contributed by atoms with Gasteiger partial charge in [-0.3, -0.25) is 0 Å². The van der Waals surface area contributed by atoms with Gasteiger partial charge in [0.1, 0.15) is 18.5 Å². The largest absolute Gasteiger partial charge is 0.455 e. The number of hydrogen-bond donors (Lipinski definition) is 0. The summed E-state index contributed by atoms with van der Waals surface area (Å²) in [5.41, 5.74) is 7.67. The second-order valence-electron chi connectivity index (χ2n) is 15.3. The number of aromatic nitrogens is 1. The summed E-state index contributed by atoms with van der Waals surface area (Å²) in [6, 6.07) is 11.9. The van der Waals surface area contributed by atoms with Crippen molar-refractivity contribution in [3.63, 3.8) is 0 Å². The number of rotatable bonds is 3. The second-order valence-corrected chi connectivity index (χ2v) is 15.3. The molecular weight excluding hydrogens is 462 g/mol. The van der Waals surface area contributed by atoms with Crippen molar-refractivity contribution < 1.29 is 10.7 Å². The van der Waals surface area contributed by atoms with Crippen molar-refractivity contribution in [3.05, 3.63) is 64.8 Å². The van der Waals surface area contributed by atoms with E-state index in [1.165, 1.54) is 44.1 Å². The van der Waals surface area contributed by atoms with Crippen LogP contribution >= 0.6 is 0 Å². The third-order valence-electron chi connectivity index (χ3n) is 7.47. The van der Waals surface area contributed by atoms with E-state index < -0.39 is 0 Å². The Kier molecular flexibility index (Phi) is 5.91. The highest BCUT2D eigenvalue weighted by atomic mass is 16.5. The first-order valence-corrected chi connectivity index (χ1v) is 14.1. The maximum atomic E-state index is 9.25. The van der Waals surface area contributed by atoms with E-state index in [0.717, 1.165) is 41.7 Å². The third-order valence-corrected chi connectivity index (χ3v) is 7.47. The van der Waals surface area contributed by atoms with Crippen LogP contribution in [0.25, 0.3) is 32.8 Å². The lowest BCUT2D eigenvalue weighted by Gasteiger charge is -2.29. The molecule has 0 aliphatic carbocycles. The molecule has 5 rings (SSSR count). The Bertz CT molecular complexity index is 1620. The fourth-order valence-corrected chi connectivity index (χ4v) is 6.20. The van der Waals surface area contributed by atoms with Gasteiger partial charge in [0, 0.05) is 11.6 Å². The molecule has 0 atom stereocenters. The summed E-state index contributed by atoms with van der Waals surface area (Å²) in [5, 5.41) is 4.65. The zero-order valence-electron chi connectivity index (χ0n) is 26.4. The molecule has 0 unspecified atom stereocenters. The van der Waals surface area contributed by atoms with Crippen molar-refractivity contribution in [1.82, 2.24) is 0 Å². The minimum atomic E-state index is 0.0401. The molecule has 0 saturated heterocycles. The average Bonchev–Trinajstić information content (AvgIpc) is 2.75. The standard InChI is InChI=1S/C36H46NO/c1-22-27-17-23(19-34(2,3)4)12-13-26(27)28(21-36(8,9)10)33-30(22)32-31-25(14-15-37(32)11)16-24(18-29(31)38-33)20-35(5,6)7/h12-18H,19-21H2,1-11H3/q+1/i13D. The molecular formula is C36H46NO+. The SMILES string of the molecule is [2H]c1cc(CC(C)(C)C)cc2c(C)c3c(c(CC(C)(C)C)c12)Oc1cc(CC(C)(C)C)cc2cc[n+](C)c-3c12. The summed E-state index contributed by atoms with van der Waals surface area (Å²) in [6.07, 6.45) is 4.96. The van der Waals surface area contributed by atoms with E-state index in [-0.39, 0.29) is 16.2 Å². The van der Waals surface area contributed by atoms with E-state index in [9.17, 15) is 1.37 Å². The topological polar surface area (TPSA) is 13.1 Å². The van der Waals surface area contributed by atoms with Crippen molar-refractivity contribution in [1.29, 1.82) is 0 Å². The molecule has 1 aromatic heterocycles. The second kappa shape index (κ2) is 8.83. The summed E-state index contributed by atoms with van der Waals surface area (Å²) in [7, 11) is 2.15. The smallest absolute Gasteiger partial charge is 0.228 e. The van der Waals surface area contributed by atoms with Crippen molar-refractivity contribution >= 4 is 21.5 Å². The van der Waals surface area contributed by atoms with Crippen molar-refractivity contribution in [3.8, 4) is 22.8 Å². The molecule has 0 bridgehead atoms. The molecule has 2 nitrogen and oxygen atoms in total. The van der Waals surface area contributed by atoms with Crippen LogP contribution in [-0.4, -0.2) is 0 Å². The van der Waals surface area contributed by atoms with Crippen LogP contribution < -0.4 is 9.30 Å². The zero-order chi connectivity index (χ0) is 28.7. The van der Waals surface area contributed by atoms with Gasteiger partial charge in [0.2, 0.25) is 5.69 Å². The number of fused-ring (bicyclic) bond motifs is 3. The van der Waals surface area contributed by atoms with Crippen LogP contribution in [0.3, 0.4) is 0 Å². The minimum Gasteiger partial charge on any atom is -0.455 e. The Labute approximate surface area is 231 Å². The van der Waals surface area contributed by atoms with E-state index in [1.54, 1.807) is 0 Å². The van der Waals surface area contributed by atoms with E-state index in [2.05, 4.69) is 117 Å². The first-order chi connectivity index (χ1) is 17.9. The number of benzene rings is 3. The quantitative estimate of drug-likeness (QED) is 0.221. The molecule has 38 heavy (non-hydrogen) atoms. The maximum Gasteiger partial charge on any atom is 0.228 e. The Balaban J connectivity index is 1.89. The van der Waals surface area contributed by atoms with Gasteiger partial charge in [-0.15, -0.1) is 0 Å². The number of hydrogen-bond acceptors (Lipinski definition) is 1. The van der Waals surface area contributed by atoms with Gasteiger partial charge in [-0.2, -0.15) is 0 Å². The molecule has 2 heterocycles. The van der Waals surface area contributed by atoms with Gasteiger partial charge in [0.15, 0.2) is 6.20 Å². The monoisotopic (exact) mass is 509 g/mol. The van der Waals surface area contributed by atoms with Gasteiger partial charge in [-0.25, -0.2) is 4.57 Å². The lowest BCUT2D eigenvalue weighted by Crippen LogP contribution is -2.32. The highest BCUT2D eigenvalue weighted by molar-refractivity contribution is 6.06. The predicted molar refractivity (Wildman–Crippen MR) is 162 cm³/mol. The van der Waals surface area contributed by atoms with Crippen LogP contribution in [0.1, 0.15) is 85.9 Å². The number of ether oxygens (including phenoxy) is 1. The van der Waals surface area contributed by atoms with Gasteiger partial charge < -0.3 is 4.74 Å². The number of nitrogens with zero attached hydrogens (tertiary/aromatic N) is 1. The van der Waals surface area contributed by atoms with Crippen LogP contribution in [0.2, 0.25) is 0 Å². The lowest BCUT2D eigenvalue weighted by atomic mass is 9.80. The van der Waals surface area contributed by atoms with Gasteiger partial charge in [-0.1, -0.05) is 86.6 Å². The Morgan fingerprint density at radius 3 is 2.05 bits per heavy atom. The Hall–Kier alpha value is -2.87. The van der Waals surface area contributed by atoms with Crippen LogP contribution in [0.5, 0.6) is 11.5 Å². The Morgan fingerprint density at radius 1 is 0.789 bits per heavy atom. The molecule has 1 aliphatic heterocycles. The molecule has 0 spiro atoms. The fraction of sp³-hybridized carbons (Fsp3) is 0.472. The molecule has 1 aliphatic rings. The fourth-order valence-electron chi connectivity index (χ4n) is 6.20. The summed E-state index contributed by atoms with van der Waals surface area (Å²) in [5.74, 6) is 1.88. The summed E-state index contributed by atoms with van der Waals surface area (Å²) < 4.78 is 18.5. The minimum absolute atomic E-state index is 0.0401. The third kappa shape index (κ3) is 5.07. The number of aryl methyl sites for hydroxylation is 2. The predicted octanol–water partition coefficient (Wildman–Crippen LogP) is 9.66. The van der Waals surface area contributed by atoms with Crippen molar-refractivity contribution in [2.75, 3.05) is 0 Å². The number of pyridine rings is 1. The van der Waals surface area contributed by atoms with Gasteiger partial charge >= 0.3 is 0 Å². The van der Waals surface area contributed by atoms with Crippen molar-refractivity contribution in [2.45, 2.75) is 88.5 Å². The van der Waals surface area contributed by atoms with Crippen LogP contribution in [0.4, 0.5) is 0 Å². The maximum absolute atomic E-state index is 9.25. The molecule has 3 aromatic carbocycles. The van der Waals surface area contributed by atoms with E-state index >= 15 is 0 Å². The molecule has 0 amide bonds. The summed E-state index contributed by atoms with van der Waals surface area (Å²) in [6.45, 7) is 22.7. The van der Waals surface area contributed by atoms with Crippen LogP contribution in [0.15, 0.2) is 42.6 Å². The van der Waals surface area contributed by atoms with Gasteiger partial charge in [-0.05, 0) is 81.3 Å². The van der Waals surface area contributed by atoms with Gasteiger partial charge in [0.05, 0.1) is 12.3 Å². The molecule has 0 saturated carbocycles. The van der Waals surface area contributed by atoms with Crippen LogP contribution in [-0.2, 0) is 26.3 Å². The molecule has 200 valence electrons. The van der Waals surface area contributed by atoms with E-state index in [4.69, 9.17) is 4.74 Å². The van der Waals surface area contributed by atoms with Crippen molar-refractivity contribution in [2.24, 2.45) is 23.3 Å². The normalized spacial score (nSPS) is 14.0. The molecule has 0 N–H and O–H groups in total. The van der Waals surface area contributed by atoms with Gasteiger partial charge in [0.25, 0.3) is 0 Å². The first kappa shape index (κ1) is 25.4. The highest BCUT2D eigenvalue weighted by Gasteiger charge is 2.34. The molecule has 2 heteroatoms. The zero-order valence-corrected chi connectivity index (χ0v) is 25.4.